The van der Waals surface area contributed by atoms with Crippen LogP contribution in [-0.2, 0) is 0 Å². The third kappa shape index (κ3) is 7.28. The number of hydrogen-bond acceptors (Lipinski definition) is 6. The molecule has 4 aromatic carbocycles. The van der Waals surface area contributed by atoms with Gasteiger partial charge in [-0.1, -0.05) is 41.4 Å². The van der Waals surface area contributed by atoms with E-state index in [1.807, 2.05) is 48.5 Å². The van der Waals surface area contributed by atoms with Crippen LogP contribution in [0.5, 0.6) is 11.5 Å². The number of anilines is 2. The molecule has 0 radical (unpaired) electrons. The molecule has 196 valence electrons. The average Bonchev–Trinajstić information content (AvgIpc) is 2.95. The third-order valence-electron chi connectivity index (χ3n) is 5.62. The predicted octanol–water partition coefficient (Wildman–Crippen LogP) is 7.64. The Kier molecular flexibility index (Phi) is 9.65. The van der Waals surface area contributed by atoms with Crippen molar-refractivity contribution in [3.8, 4) is 22.6 Å². The fraction of sp³-hybridized carbons (Fsp3) is 0.138. The zero-order chi connectivity index (χ0) is 26.9. The van der Waals surface area contributed by atoms with Crippen molar-refractivity contribution in [2.24, 2.45) is 0 Å². The molecule has 0 saturated carbocycles. The topological polar surface area (TPSA) is 71.6 Å². The maximum atomic E-state index is 12.4. The number of carbonyl (C=O) groups is 1. The summed E-state index contributed by atoms with van der Waals surface area (Å²) >= 11 is 14.0. The van der Waals surface area contributed by atoms with E-state index < -0.39 is 0 Å². The van der Waals surface area contributed by atoms with Gasteiger partial charge in [0.05, 0.1) is 19.1 Å². The van der Waals surface area contributed by atoms with Gasteiger partial charge in [-0.25, -0.2) is 0 Å². The summed E-state index contributed by atoms with van der Waals surface area (Å²) in [5.41, 5.74) is 4.19. The Hall–Kier alpha value is -3.52. The van der Waals surface area contributed by atoms with Crippen LogP contribution in [0.1, 0.15) is 10.4 Å². The fourth-order valence-electron chi connectivity index (χ4n) is 3.70. The third-order valence-corrected chi connectivity index (χ3v) is 7.06. The number of rotatable bonds is 11. The SMILES string of the molecule is COc1cccc(C(=O)NCCNc2cccc(NSc3cc(-c4cc(Cl)ccc4Cl)ccc3OC)c2)c1. The van der Waals surface area contributed by atoms with Gasteiger partial charge in [-0.3, -0.25) is 4.79 Å². The van der Waals surface area contributed by atoms with Crippen molar-refractivity contribution in [2.75, 3.05) is 37.3 Å². The molecule has 1 amide bonds. The summed E-state index contributed by atoms with van der Waals surface area (Å²) < 4.78 is 14.1. The molecule has 4 aromatic rings. The Morgan fingerprint density at radius 3 is 2.47 bits per heavy atom. The second-order valence-electron chi connectivity index (χ2n) is 8.19. The first-order valence-electron chi connectivity index (χ1n) is 11.8. The molecule has 0 saturated heterocycles. The first-order valence-corrected chi connectivity index (χ1v) is 13.4. The number of amides is 1. The van der Waals surface area contributed by atoms with E-state index in [1.54, 1.807) is 50.6 Å². The molecule has 0 atom stereocenters. The van der Waals surface area contributed by atoms with Crippen LogP contribution in [0.3, 0.4) is 0 Å². The van der Waals surface area contributed by atoms with Gasteiger partial charge in [-0.15, -0.1) is 0 Å². The van der Waals surface area contributed by atoms with Crippen LogP contribution < -0.4 is 24.8 Å². The maximum absolute atomic E-state index is 12.4. The smallest absolute Gasteiger partial charge is 0.251 e. The highest BCUT2D eigenvalue weighted by molar-refractivity contribution is 8.00. The van der Waals surface area contributed by atoms with Crippen LogP contribution in [0.25, 0.3) is 11.1 Å². The van der Waals surface area contributed by atoms with Crippen LogP contribution in [0.15, 0.2) is 89.8 Å². The van der Waals surface area contributed by atoms with Gasteiger partial charge in [0.1, 0.15) is 11.5 Å². The molecular weight excluding hydrogens is 541 g/mol. The Morgan fingerprint density at radius 2 is 1.66 bits per heavy atom. The van der Waals surface area contributed by atoms with Crippen molar-refractivity contribution in [3.05, 3.63) is 101 Å². The number of methoxy groups -OCH3 is 2. The Balaban J connectivity index is 1.34. The zero-order valence-corrected chi connectivity index (χ0v) is 23.2. The predicted molar refractivity (Wildman–Crippen MR) is 158 cm³/mol. The maximum Gasteiger partial charge on any atom is 0.251 e. The van der Waals surface area contributed by atoms with Crippen molar-refractivity contribution in [1.82, 2.24) is 5.32 Å². The van der Waals surface area contributed by atoms with Crippen molar-refractivity contribution < 1.29 is 14.3 Å². The molecule has 0 aliphatic heterocycles. The van der Waals surface area contributed by atoms with E-state index in [0.717, 1.165) is 33.1 Å². The van der Waals surface area contributed by atoms with E-state index in [2.05, 4.69) is 15.4 Å². The summed E-state index contributed by atoms with van der Waals surface area (Å²) in [5, 5.41) is 7.50. The highest BCUT2D eigenvalue weighted by atomic mass is 35.5. The van der Waals surface area contributed by atoms with Crippen LogP contribution >= 0.6 is 35.1 Å². The first-order chi connectivity index (χ1) is 18.5. The normalized spacial score (nSPS) is 10.5. The largest absolute Gasteiger partial charge is 0.497 e. The number of carbonyl (C=O) groups excluding carboxylic acids is 1. The Labute approximate surface area is 236 Å². The van der Waals surface area contributed by atoms with Gasteiger partial charge in [-0.05, 0) is 84.2 Å². The summed E-state index contributed by atoms with van der Waals surface area (Å²) in [6, 6.07) is 26.3. The quantitative estimate of drug-likeness (QED) is 0.128. The molecule has 0 aliphatic rings. The van der Waals surface area contributed by atoms with Crippen molar-refractivity contribution >= 4 is 52.4 Å². The number of ether oxygens (including phenoxy) is 2. The van der Waals surface area contributed by atoms with Gasteiger partial charge in [-0.2, -0.15) is 0 Å². The highest BCUT2D eigenvalue weighted by Gasteiger charge is 2.11. The van der Waals surface area contributed by atoms with E-state index >= 15 is 0 Å². The lowest BCUT2D eigenvalue weighted by molar-refractivity contribution is 0.0955. The standard InChI is InChI=1S/C29H27Cl2N3O3S/c1-36-24-8-3-5-20(15-24)29(35)33-14-13-32-22-6-4-7-23(18-22)34-38-28-16-19(9-12-27(28)37-2)25-17-21(30)10-11-26(25)31/h3-12,15-18,32,34H,13-14H2,1-2H3,(H,33,35). The molecule has 0 unspecified atom stereocenters. The van der Waals surface area contributed by atoms with E-state index in [9.17, 15) is 4.79 Å². The lowest BCUT2D eigenvalue weighted by atomic mass is 10.1. The van der Waals surface area contributed by atoms with Gasteiger partial charge in [0.25, 0.3) is 5.91 Å². The minimum absolute atomic E-state index is 0.146. The van der Waals surface area contributed by atoms with Crippen LogP contribution in [-0.4, -0.2) is 33.2 Å². The second kappa shape index (κ2) is 13.3. The van der Waals surface area contributed by atoms with E-state index in [4.69, 9.17) is 32.7 Å². The van der Waals surface area contributed by atoms with Crippen molar-refractivity contribution in [3.63, 3.8) is 0 Å². The molecule has 38 heavy (non-hydrogen) atoms. The lowest BCUT2D eigenvalue weighted by Gasteiger charge is -2.14. The van der Waals surface area contributed by atoms with Crippen molar-refractivity contribution in [2.45, 2.75) is 4.90 Å². The summed E-state index contributed by atoms with van der Waals surface area (Å²) in [6.07, 6.45) is 0. The first kappa shape index (κ1) is 27.5. The summed E-state index contributed by atoms with van der Waals surface area (Å²) in [7, 11) is 3.22. The van der Waals surface area contributed by atoms with E-state index in [0.29, 0.717) is 34.4 Å². The molecule has 0 bridgehead atoms. The molecule has 3 N–H and O–H groups in total. The fourth-order valence-corrected chi connectivity index (χ4v) is 4.89. The molecule has 0 heterocycles. The van der Waals surface area contributed by atoms with Crippen LogP contribution in [0.4, 0.5) is 11.4 Å². The van der Waals surface area contributed by atoms with Crippen molar-refractivity contribution in [1.29, 1.82) is 0 Å². The van der Waals surface area contributed by atoms with Gasteiger partial charge in [0, 0.05) is 45.6 Å². The highest BCUT2D eigenvalue weighted by Crippen LogP contribution is 2.37. The molecule has 4 rings (SSSR count). The lowest BCUT2D eigenvalue weighted by Crippen LogP contribution is -2.28. The summed E-state index contributed by atoms with van der Waals surface area (Å²) in [6.45, 7) is 1.04. The van der Waals surface area contributed by atoms with E-state index in [-0.39, 0.29) is 5.91 Å². The molecule has 0 spiro atoms. The van der Waals surface area contributed by atoms with Gasteiger partial charge >= 0.3 is 0 Å². The number of benzene rings is 4. The monoisotopic (exact) mass is 567 g/mol. The minimum Gasteiger partial charge on any atom is -0.497 e. The summed E-state index contributed by atoms with van der Waals surface area (Å²) in [4.78, 5) is 13.3. The molecule has 0 aromatic heterocycles. The molecule has 6 nitrogen and oxygen atoms in total. The average molecular weight is 569 g/mol. The molecular formula is C29H27Cl2N3O3S. The number of hydrogen-bond donors (Lipinski definition) is 3. The molecule has 0 aliphatic carbocycles. The van der Waals surface area contributed by atoms with Crippen LogP contribution in [0, 0.1) is 0 Å². The van der Waals surface area contributed by atoms with Gasteiger partial charge in [0.2, 0.25) is 0 Å². The molecule has 9 heteroatoms. The Morgan fingerprint density at radius 1 is 0.842 bits per heavy atom. The zero-order valence-electron chi connectivity index (χ0n) is 20.9. The second-order valence-corrected chi connectivity index (χ2v) is 9.88. The van der Waals surface area contributed by atoms with Gasteiger partial charge in [0.15, 0.2) is 0 Å². The molecule has 0 fully saturated rings. The van der Waals surface area contributed by atoms with Gasteiger partial charge < -0.3 is 24.8 Å². The number of nitrogens with one attached hydrogen (secondary N) is 3. The minimum atomic E-state index is -0.146. The Bertz CT molecular complexity index is 1420. The summed E-state index contributed by atoms with van der Waals surface area (Å²) in [5.74, 6) is 1.24. The number of halogens is 2. The van der Waals surface area contributed by atoms with E-state index in [1.165, 1.54) is 11.9 Å². The van der Waals surface area contributed by atoms with Crippen LogP contribution in [0.2, 0.25) is 10.0 Å².